The molecule has 2 heterocycles. The number of carboxylic acid groups (broad SMARTS) is 1. The second-order valence-corrected chi connectivity index (χ2v) is 5.57. The first kappa shape index (κ1) is 14.0. The van der Waals surface area contributed by atoms with Gasteiger partial charge in [-0.25, -0.2) is 4.98 Å². The molecule has 1 saturated heterocycles. The Morgan fingerprint density at radius 3 is 2.79 bits per heavy atom. The van der Waals surface area contributed by atoms with E-state index in [1.807, 2.05) is 5.38 Å². The molecule has 1 aliphatic rings. The Kier molecular flexibility index (Phi) is 4.49. The number of likely N-dealkylation sites (tertiary alicyclic amines) is 1. The lowest BCUT2D eigenvalue weighted by Gasteiger charge is -2.29. The summed E-state index contributed by atoms with van der Waals surface area (Å²) in [4.78, 5) is 28.3. The van der Waals surface area contributed by atoms with Gasteiger partial charge in [-0.2, -0.15) is 0 Å². The van der Waals surface area contributed by atoms with Crippen molar-refractivity contribution in [2.75, 3.05) is 18.4 Å². The minimum atomic E-state index is -0.693. The molecule has 2 rings (SSSR count). The number of carbonyl (C=O) groups is 2. The molecule has 0 spiro atoms. The maximum Gasteiger partial charge on any atom is 0.306 e. The van der Waals surface area contributed by atoms with Crippen LogP contribution in [0, 0.1) is 5.92 Å². The van der Waals surface area contributed by atoms with Crippen LogP contribution in [0.5, 0.6) is 0 Å². The summed E-state index contributed by atoms with van der Waals surface area (Å²) in [6.45, 7) is 3.73. The van der Waals surface area contributed by atoms with E-state index in [1.54, 1.807) is 0 Å². The van der Waals surface area contributed by atoms with E-state index in [0.29, 0.717) is 24.5 Å². The largest absolute Gasteiger partial charge is 0.481 e. The molecule has 0 radical (unpaired) electrons. The number of thiazole rings is 1. The van der Waals surface area contributed by atoms with Gasteiger partial charge in [0.15, 0.2) is 5.13 Å². The molecule has 1 aromatic rings. The normalized spacial score (nSPS) is 17.3. The summed E-state index contributed by atoms with van der Waals surface area (Å²) < 4.78 is 0. The number of piperidine rings is 1. The van der Waals surface area contributed by atoms with Gasteiger partial charge < -0.3 is 10.4 Å². The van der Waals surface area contributed by atoms with Crippen molar-refractivity contribution in [2.45, 2.75) is 26.3 Å². The predicted molar refractivity (Wildman–Crippen MR) is 72.1 cm³/mol. The van der Waals surface area contributed by atoms with Crippen LogP contribution in [0.3, 0.4) is 0 Å². The Labute approximate surface area is 115 Å². The third-order valence-electron chi connectivity index (χ3n) is 3.16. The van der Waals surface area contributed by atoms with Crippen molar-refractivity contribution in [2.24, 2.45) is 5.92 Å². The molecular weight excluding hydrogens is 266 g/mol. The van der Waals surface area contributed by atoms with Crippen LogP contribution in [-0.4, -0.2) is 40.0 Å². The summed E-state index contributed by atoms with van der Waals surface area (Å²) in [7, 11) is 0. The summed E-state index contributed by atoms with van der Waals surface area (Å²) in [5, 5.41) is 14.1. The third-order valence-corrected chi connectivity index (χ3v) is 3.96. The molecule has 0 atom stereocenters. The first-order chi connectivity index (χ1) is 9.04. The van der Waals surface area contributed by atoms with Gasteiger partial charge >= 0.3 is 5.97 Å². The van der Waals surface area contributed by atoms with E-state index in [0.717, 1.165) is 18.8 Å². The standard InChI is InChI=1S/C12H17N3O3S/c1-8(16)13-12-14-10(7-19-12)6-15-4-2-9(3-5-15)11(17)18/h7,9H,2-6H2,1H3,(H,17,18)(H,13,14,16). The molecule has 6 nitrogen and oxygen atoms in total. The molecule has 104 valence electrons. The minimum Gasteiger partial charge on any atom is -0.481 e. The predicted octanol–water partition coefficient (Wildman–Crippen LogP) is 1.40. The Morgan fingerprint density at radius 2 is 2.21 bits per heavy atom. The Bertz CT molecular complexity index is 467. The van der Waals surface area contributed by atoms with Crippen molar-refractivity contribution in [3.05, 3.63) is 11.1 Å². The third kappa shape index (κ3) is 4.00. The van der Waals surface area contributed by atoms with Crippen LogP contribution < -0.4 is 5.32 Å². The number of hydrogen-bond donors (Lipinski definition) is 2. The van der Waals surface area contributed by atoms with E-state index in [2.05, 4.69) is 15.2 Å². The number of carboxylic acids is 1. The second-order valence-electron chi connectivity index (χ2n) is 4.71. The van der Waals surface area contributed by atoms with Crippen LogP contribution >= 0.6 is 11.3 Å². The van der Waals surface area contributed by atoms with Gasteiger partial charge in [-0.15, -0.1) is 11.3 Å². The topological polar surface area (TPSA) is 82.5 Å². The Balaban J connectivity index is 1.84. The number of anilines is 1. The highest BCUT2D eigenvalue weighted by atomic mass is 32.1. The zero-order valence-corrected chi connectivity index (χ0v) is 11.6. The van der Waals surface area contributed by atoms with Gasteiger partial charge in [0.2, 0.25) is 5.91 Å². The first-order valence-electron chi connectivity index (χ1n) is 6.21. The molecule has 0 bridgehead atoms. The quantitative estimate of drug-likeness (QED) is 0.872. The molecule has 1 fully saturated rings. The van der Waals surface area contributed by atoms with Crippen LogP contribution in [0.15, 0.2) is 5.38 Å². The smallest absolute Gasteiger partial charge is 0.306 e. The first-order valence-corrected chi connectivity index (χ1v) is 7.09. The zero-order chi connectivity index (χ0) is 13.8. The van der Waals surface area contributed by atoms with Crippen molar-refractivity contribution >= 4 is 28.3 Å². The van der Waals surface area contributed by atoms with Crippen molar-refractivity contribution in [3.63, 3.8) is 0 Å². The van der Waals surface area contributed by atoms with E-state index >= 15 is 0 Å². The van der Waals surface area contributed by atoms with Gasteiger partial charge in [0.1, 0.15) is 0 Å². The van der Waals surface area contributed by atoms with Crippen molar-refractivity contribution in [1.82, 2.24) is 9.88 Å². The monoisotopic (exact) mass is 283 g/mol. The fraction of sp³-hybridized carbons (Fsp3) is 0.583. The SMILES string of the molecule is CC(=O)Nc1nc(CN2CCC(C(=O)O)CC2)cs1. The highest BCUT2D eigenvalue weighted by molar-refractivity contribution is 7.13. The minimum absolute atomic E-state index is 0.122. The number of nitrogens with zero attached hydrogens (tertiary/aromatic N) is 2. The number of rotatable bonds is 4. The lowest BCUT2D eigenvalue weighted by molar-refractivity contribution is -0.143. The molecule has 19 heavy (non-hydrogen) atoms. The molecular formula is C12H17N3O3S. The molecule has 0 saturated carbocycles. The van der Waals surface area contributed by atoms with Crippen molar-refractivity contribution in [3.8, 4) is 0 Å². The van der Waals surface area contributed by atoms with Gasteiger partial charge in [0.25, 0.3) is 0 Å². The van der Waals surface area contributed by atoms with Crippen LogP contribution in [0.2, 0.25) is 0 Å². The van der Waals surface area contributed by atoms with Gasteiger partial charge in [0.05, 0.1) is 11.6 Å². The van der Waals surface area contributed by atoms with Crippen LogP contribution in [0.25, 0.3) is 0 Å². The Morgan fingerprint density at radius 1 is 1.53 bits per heavy atom. The number of nitrogens with one attached hydrogen (secondary N) is 1. The van der Waals surface area contributed by atoms with Crippen LogP contribution in [0.4, 0.5) is 5.13 Å². The summed E-state index contributed by atoms with van der Waals surface area (Å²) in [5.74, 6) is -1.02. The lowest BCUT2D eigenvalue weighted by atomic mass is 9.97. The summed E-state index contributed by atoms with van der Waals surface area (Å²) in [6, 6.07) is 0. The number of hydrogen-bond acceptors (Lipinski definition) is 5. The summed E-state index contributed by atoms with van der Waals surface area (Å²) >= 11 is 1.41. The maximum absolute atomic E-state index is 10.9. The van der Waals surface area contributed by atoms with E-state index < -0.39 is 5.97 Å². The van der Waals surface area contributed by atoms with Crippen LogP contribution in [0.1, 0.15) is 25.5 Å². The van der Waals surface area contributed by atoms with Gasteiger partial charge in [0, 0.05) is 18.8 Å². The maximum atomic E-state index is 10.9. The molecule has 0 unspecified atom stereocenters. The fourth-order valence-corrected chi connectivity index (χ4v) is 2.90. The zero-order valence-electron chi connectivity index (χ0n) is 10.8. The molecule has 1 aliphatic heterocycles. The van der Waals surface area contributed by atoms with E-state index in [-0.39, 0.29) is 11.8 Å². The summed E-state index contributed by atoms with van der Waals surface area (Å²) in [6.07, 6.45) is 1.38. The van der Waals surface area contributed by atoms with Crippen molar-refractivity contribution < 1.29 is 14.7 Å². The summed E-state index contributed by atoms with van der Waals surface area (Å²) in [5.41, 5.74) is 0.919. The number of aliphatic carboxylic acids is 1. The van der Waals surface area contributed by atoms with E-state index in [9.17, 15) is 9.59 Å². The average molecular weight is 283 g/mol. The second kappa shape index (κ2) is 6.12. The lowest BCUT2D eigenvalue weighted by Crippen LogP contribution is -2.35. The molecule has 7 heteroatoms. The van der Waals surface area contributed by atoms with Crippen LogP contribution in [-0.2, 0) is 16.1 Å². The molecule has 1 aromatic heterocycles. The highest BCUT2D eigenvalue weighted by Crippen LogP contribution is 2.21. The number of aromatic nitrogens is 1. The highest BCUT2D eigenvalue weighted by Gasteiger charge is 2.24. The average Bonchev–Trinajstić information content (AvgIpc) is 2.76. The number of carbonyl (C=O) groups excluding carboxylic acids is 1. The van der Waals surface area contributed by atoms with E-state index in [4.69, 9.17) is 5.11 Å². The van der Waals surface area contributed by atoms with Gasteiger partial charge in [-0.3, -0.25) is 14.5 Å². The molecule has 2 N–H and O–H groups in total. The van der Waals surface area contributed by atoms with E-state index in [1.165, 1.54) is 18.3 Å². The molecule has 0 aliphatic carbocycles. The fourth-order valence-electron chi connectivity index (χ4n) is 2.15. The van der Waals surface area contributed by atoms with Crippen molar-refractivity contribution in [1.29, 1.82) is 0 Å². The Hall–Kier alpha value is -1.47. The molecule has 1 amide bonds. The van der Waals surface area contributed by atoms with Gasteiger partial charge in [-0.05, 0) is 25.9 Å². The number of amides is 1. The molecule has 0 aromatic carbocycles. The van der Waals surface area contributed by atoms with Gasteiger partial charge in [-0.1, -0.05) is 0 Å².